The van der Waals surface area contributed by atoms with Crippen molar-refractivity contribution in [1.82, 2.24) is 4.98 Å². The first kappa shape index (κ1) is 15.0. The zero-order valence-electron chi connectivity index (χ0n) is 12.9. The van der Waals surface area contributed by atoms with E-state index < -0.39 is 0 Å². The van der Waals surface area contributed by atoms with E-state index in [0.29, 0.717) is 6.61 Å². The summed E-state index contributed by atoms with van der Waals surface area (Å²) in [5.41, 5.74) is 2.90. The van der Waals surface area contributed by atoms with Crippen molar-refractivity contribution < 1.29 is 14.3 Å². The normalized spacial score (nSPS) is 10.5. The second-order valence-corrected chi connectivity index (χ2v) is 5.18. The van der Waals surface area contributed by atoms with Gasteiger partial charge in [-0.15, -0.1) is 0 Å². The standard InChI is InChI=1S/C19H17NO3/c1-22-18(21)12-14-7-9-17(10-8-14)23-13-16-5-2-4-15-6-3-11-20-19(15)16/h2-11H,12-13H2,1H3. The molecule has 0 aliphatic rings. The molecule has 4 nitrogen and oxygen atoms in total. The molecule has 0 unspecified atom stereocenters. The van der Waals surface area contributed by atoms with Gasteiger partial charge in [0.1, 0.15) is 12.4 Å². The van der Waals surface area contributed by atoms with E-state index in [9.17, 15) is 4.79 Å². The van der Waals surface area contributed by atoms with E-state index in [1.54, 1.807) is 6.20 Å². The van der Waals surface area contributed by atoms with Gasteiger partial charge in [-0.1, -0.05) is 36.4 Å². The molecule has 0 saturated carbocycles. The van der Waals surface area contributed by atoms with Gasteiger partial charge in [0.25, 0.3) is 0 Å². The molecule has 1 heterocycles. The van der Waals surface area contributed by atoms with Crippen molar-refractivity contribution in [2.45, 2.75) is 13.0 Å². The quantitative estimate of drug-likeness (QED) is 0.677. The minimum absolute atomic E-state index is 0.250. The molecule has 3 rings (SSSR count). The Labute approximate surface area is 134 Å². The van der Waals surface area contributed by atoms with Crippen molar-refractivity contribution >= 4 is 16.9 Å². The van der Waals surface area contributed by atoms with E-state index in [0.717, 1.165) is 27.8 Å². The molecule has 0 saturated heterocycles. The van der Waals surface area contributed by atoms with Gasteiger partial charge in [-0.3, -0.25) is 9.78 Å². The third-order valence-corrected chi connectivity index (χ3v) is 3.61. The largest absolute Gasteiger partial charge is 0.489 e. The number of ether oxygens (including phenoxy) is 2. The van der Waals surface area contributed by atoms with Gasteiger partial charge in [0.05, 0.1) is 19.0 Å². The maximum Gasteiger partial charge on any atom is 0.309 e. The fourth-order valence-electron chi connectivity index (χ4n) is 2.39. The van der Waals surface area contributed by atoms with E-state index >= 15 is 0 Å². The van der Waals surface area contributed by atoms with Crippen LogP contribution < -0.4 is 4.74 Å². The summed E-state index contributed by atoms with van der Waals surface area (Å²) in [6.07, 6.45) is 2.05. The van der Waals surface area contributed by atoms with Crippen LogP contribution >= 0.6 is 0 Å². The lowest BCUT2D eigenvalue weighted by Crippen LogP contribution is -2.04. The molecule has 1 aromatic heterocycles. The summed E-state index contributed by atoms with van der Waals surface area (Å²) >= 11 is 0. The molecule has 0 aliphatic heterocycles. The highest BCUT2D eigenvalue weighted by Crippen LogP contribution is 2.19. The van der Waals surface area contributed by atoms with Crippen molar-refractivity contribution in [3.63, 3.8) is 0 Å². The van der Waals surface area contributed by atoms with E-state index in [1.165, 1.54) is 7.11 Å². The SMILES string of the molecule is COC(=O)Cc1ccc(OCc2cccc3cccnc23)cc1. The summed E-state index contributed by atoms with van der Waals surface area (Å²) < 4.78 is 10.5. The van der Waals surface area contributed by atoms with Gasteiger partial charge in [0.2, 0.25) is 0 Å². The fraction of sp³-hybridized carbons (Fsp3) is 0.158. The lowest BCUT2D eigenvalue weighted by Gasteiger charge is -2.09. The first-order valence-electron chi connectivity index (χ1n) is 7.37. The molecule has 0 radical (unpaired) electrons. The molecule has 0 amide bonds. The highest BCUT2D eigenvalue weighted by Gasteiger charge is 2.05. The van der Waals surface area contributed by atoms with Crippen LogP contribution in [-0.4, -0.2) is 18.1 Å². The number of rotatable bonds is 5. The van der Waals surface area contributed by atoms with Crippen molar-refractivity contribution in [2.24, 2.45) is 0 Å². The number of methoxy groups -OCH3 is 1. The van der Waals surface area contributed by atoms with Gasteiger partial charge >= 0.3 is 5.97 Å². The van der Waals surface area contributed by atoms with E-state index in [1.807, 2.05) is 54.6 Å². The molecule has 116 valence electrons. The van der Waals surface area contributed by atoms with Crippen LogP contribution in [0.1, 0.15) is 11.1 Å². The van der Waals surface area contributed by atoms with Crippen LogP contribution in [0.3, 0.4) is 0 Å². The lowest BCUT2D eigenvalue weighted by atomic mass is 10.1. The average molecular weight is 307 g/mol. The zero-order chi connectivity index (χ0) is 16.1. The van der Waals surface area contributed by atoms with Gasteiger partial charge in [0, 0.05) is 17.1 Å². The van der Waals surface area contributed by atoms with Crippen LogP contribution in [0, 0.1) is 0 Å². The van der Waals surface area contributed by atoms with E-state index in [-0.39, 0.29) is 12.4 Å². The van der Waals surface area contributed by atoms with Crippen LogP contribution in [0.5, 0.6) is 5.75 Å². The first-order valence-corrected chi connectivity index (χ1v) is 7.37. The molecule has 0 spiro atoms. The number of aromatic nitrogens is 1. The van der Waals surface area contributed by atoms with Gasteiger partial charge in [-0.05, 0) is 23.8 Å². The van der Waals surface area contributed by atoms with Crippen LogP contribution in [-0.2, 0) is 22.6 Å². The molecule has 0 N–H and O–H groups in total. The Kier molecular flexibility index (Phi) is 4.52. The summed E-state index contributed by atoms with van der Waals surface area (Å²) in [5.74, 6) is 0.507. The molecule has 0 bridgehead atoms. The molecule has 2 aromatic carbocycles. The fourth-order valence-corrected chi connectivity index (χ4v) is 2.39. The van der Waals surface area contributed by atoms with E-state index in [2.05, 4.69) is 9.72 Å². The highest BCUT2D eigenvalue weighted by molar-refractivity contribution is 5.81. The Morgan fingerprint density at radius 2 is 1.83 bits per heavy atom. The number of esters is 1. The van der Waals surface area contributed by atoms with E-state index in [4.69, 9.17) is 4.74 Å². The average Bonchev–Trinajstić information content (AvgIpc) is 2.61. The van der Waals surface area contributed by atoms with Crippen LogP contribution in [0.25, 0.3) is 10.9 Å². The number of hydrogen-bond acceptors (Lipinski definition) is 4. The Bertz CT molecular complexity index is 807. The van der Waals surface area contributed by atoms with Crippen molar-refractivity contribution in [3.05, 3.63) is 71.9 Å². The van der Waals surface area contributed by atoms with Crippen molar-refractivity contribution in [2.75, 3.05) is 7.11 Å². The Morgan fingerprint density at radius 1 is 1.04 bits per heavy atom. The number of nitrogens with zero attached hydrogens (tertiary/aromatic N) is 1. The molecular formula is C19H17NO3. The molecule has 23 heavy (non-hydrogen) atoms. The number of benzene rings is 2. The molecule has 3 aromatic rings. The molecular weight excluding hydrogens is 290 g/mol. The first-order chi connectivity index (χ1) is 11.3. The van der Waals surface area contributed by atoms with Gasteiger partial charge in [0.15, 0.2) is 0 Å². The predicted molar refractivity (Wildman–Crippen MR) is 88.2 cm³/mol. The topological polar surface area (TPSA) is 48.4 Å². The minimum Gasteiger partial charge on any atom is -0.489 e. The van der Waals surface area contributed by atoms with Crippen LogP contribution in [0.4, 0.5) is 0 Å². The van der Waals surface area contributed by atoms with Gasteiger partial charge in [-0.25, -0.2) is 0 Å². The maximum atomic E-state index is 11.2. The Hall–Kier alpha value is -2.88. The molecule has 4 heteroatoms. The lowest BCUT2D eigenvalue weighted by molar-refractivity contribution is -0.139. The monoisotopic (exact) mass is 307 g/mol. The summed E-state index contributed by atoms with van der Waals surface area (Å²) in [6.45, 7) is 0.449. The number of pyridine rings is 1. The Morgan fingerprint density at radius 3 is 2.61 bits per heavy atom. The summed E-state index contributed by atoms with van der Waals surface area (Å²) in [6, 6.07) is 17.5. The third kappa shape index (κ3) is 3.66. The number of para-hydroxylation sites is 1. The minimum atomic E-state index is -0.250. The smallest absolute Gasteiger partial charge is 0.309 e. The molecule has 0 aliphatic carbocycles. The maximum absolute atomic E-state index is 11.2. The highest BCUT2D eigenvalue weighted by atomic mass is 16.5. The zero-order valence-corrected chi connectivity index (χ0v) is 12.9. The summed E-state index contributed by atoms with van der Waals surface area (Å²) in [5, 5.41) is 1.10. The second-order valence-electron chi connectivity index (χ2n) is 5.18. The van der Waals surface area contributed by atoms with Crippen LogP contribution in [0.2, 0.25) is 0 Å². The molecule has 0 fully saturated rings. The van der Waals surface area contributed by atoms with Crippen molar-refractivity contribution in [1.29, 1.82) is 0 Å². The number of fused-ring (bicyclic) bond motifs is 1. The third-order valence-electron chi connectivity index (χ3n) is 3.61. The van der Waals surface area contributed by atoms with Gasteiger partial charge < -0.3 is 9.47 Å². The molecule has 0 atom stereocenters. The van der Waals surface area contributed by atoms with Crippen LogP contribution in [0.15, 0.2) is 60.8 Å². The Balaban J connectivity index is 1.69. The number of hydrogen-bond donors (Lipinski definition) is 0. The number of carbonyl (C=O) groups excluding carboxylic acids is 1. The van der Waals surface area contributed by atoms with Gasteiger partial charge in [-0.2, -0.15) is 0 Å². The number of carbonyl (C=O) groups is 1. The summed E-state index contributed by atoms with van der Waals surface area (Å²) in [7, 11) is 1.39. The second kappa shape index (κ2) is 6.92. The summed E-state index contributed by atoms with van der Waals surface area (Å²) in [4.78, 5) is 15.7. The predicted octanol–water partition coefficient (Wildman–Crippen LogP) is 3.53. The van der Waals surface area contributed by atoms with Crippen molar-refractivity contribution in [3.8, 4) is 5.75 Å².